The van der Waals surface area contributed by atoms with Gasteiger partial charge in [0.05, 0.1) is 11.0 Å². The maximum Gasteiger partial charge on any atom is 0.271 e. The zero-order valence-electron chi connectivity index (χ0n) is 15.5. The van der Waals surface area contributed by atoms with Gasteiger partial charge in [-0.15, -0.1) is 0 Å². The van der Waals surface area contributed by atoms with Crippen molar-refractivity contribution < 1.29 is 9.63 Å². The number of fused-ring (bicyclic) bond motifs is 1. The van der Waals surface area contributed by atoms with Crippen LogP contribution in [0.25, 0.3) is 11.0 Å². The number of benzene rings is 2. The summed E-state index contributed by atoms with van der Waals surface area (Å²) in [6, 6.07) is 18.0. The molecule has 1 amide bonds. The van der Waals surface area contributed by atoms with E-state index in [1.54, 1.807) is 0 Å². The molecule has 6 nitrogen and oxygen atoms in total. The number of imidazole rings is 1. The van der Waals surface area contributed by atoms with Crippen LogP contribution < -0.4 is 0 Å². The predicted octanol–water partition coefficient (Wildman–Crippen LogP) is 3.79. The Morgan fingerprint density at radius 1 is 1.11 bits per heavy atom. The van der Waals surface area contributed by atoms with Crippen LogP contribution in [0.4, 0.5) is 0 Å². The van der Waals surface area contributed by atoms with Gasteiger partial charge in [-0.2, -0.15) is 0 Å². The number of oxime groups is 1. The van der Waals surface area contributed by atoms with E-state index in [1.807, 2.05) is 59.5 Å². The molecule has 1 saturated heterocycles. The largest absolute Gasteiger partial charge is 0.387 e. The molecule has 142 valence electrons. The van der Waals surface area contributed by atoms with Crippen LogP contribution in [0.5, 0.6) is 0 Å². The molecule has 2 aliphatic heterocycles. The fourth-order valence-electron chi connectivity index (χ4n) is 4.08. The molecule has 0 bridgehead atoms. The van der Waals surface area contributed by atoms with Crippen LogP contribution in [0.3, 0.4) is 0 Å². The molecule has 5 rings (SSSR count). The first-order valence-corrected chi connectivity index (χ1v) is 9.79. The molecule has 0 spiro atoms. The first kappa shape index (κ1) is 17.0. The highest BCUT2D eigenvalue weighted by Gasteiger charge is 2.33. The molecule has 2 aliphatic rings. The standard InChI is InChI=1S/C22H22N4O2/c27-22(19-13-20(28-25-19)15-7-2-1-3-8-15)26-12-6-9-16(14-26)21-23-17-10-4-5-11-18(17)24-21/h1-5,7-8,10-11,16,20H,6,9,12-14H2,(H,23,24). The monoisotopic (exact) mass is 374 g/mol. The van der Waals surface area contributed by atoms with Crippen LogP contribution in [-0.2, 0) is 9.63 Å². The van der Waals surface area contributed by atoms with Gasteiger partial charge in [0, 0.05) is 25.4 Å². The second-order valence-electron chi connectivity index (χ2n) is 7.48. The van der Waals surface area contributed by atoms with E-state index >= 15 is 0 Å². The van der Waals surface area contributed by atoms with Gasteiger partial charge in [-0.3, -0.25) is 4.79 Å². The summed E-state index contributed by atoms with van der Waals surface area (Å²) in [6.07, 6.45) is 2.34. The number of carbonyl (C=O) groups excluding carboxylic acids is 1. The summed E-state index contributed by atoms with van der Waals surface area (Å²) in [5.41, 5.74) is 3.58. The number of likely N-dealkylation sites (tertiary alicyclic amines) is 1. The molecule has 2 atom stereocenters. The summed E-state index contributed by atoms with van der Waals surface area (Å²) in [5.74, 6) is 1.17. The quantitative estimate of drug-likeness (QED) is 0.758. The summed E-state index contributed by atoms with van der Waals surface area (Å²) < 4.78 is 0. The Hall–Kier alpha value is -3.15. The Morgan fingerprint density at radius 2 is 1.93 bits per heavy atom. The van der Waals surface area contributed by atoms with Crippen LogP contribution >= 0.6 is 0 Å². The summed E-state index contributed by atoms with van der Waals surface area (Å²) in [6.45, 7) is 1.41. The van der Waals surface area contributed by atoms with Crippen molar-refractivity contribution in [3.05, 3.63) is 66.0 Å². The predicted molar refractivity (Wildman–Crippen MR) is 107 cm³/mol. The summed E-state index contributed by atoms with van der Waals surface area (Å²) >= 11 is 0. The molecule has 3 heterocycles. The lowest BCUT2D eigenvalue weighted by molar-refractivity contribution is -0.125. The lowest BCUT2D eigenvalue weighted by atomic mass is 9.96. The highest BCUT2D eigenvalue weighted by molar-refractivity contribution is 6.39. The summed E-state index contributed by atoms with van der Waals surface area (Å²) in [7, 11) is 0. The van der Waals surface area contributed by atoms with E-state index in [0.717, 1.165) is 41.8 Å². The average Bonchev–Trinajstić information content (AvgIpc) is 3.41. The van der Waals surface area contributed by atoms with Crippen molar-refractivity contribution in [3.8, 4) is 0 Å². The van der Waals surface area contributed by atoms with E-state index in [2.05, 4.69) is 10.1 Å². The van der Waals surface area contributed by atoms with Gasteiger partial charge < -0.3 is 14.7 Å². The minimum atomic E-state index is -0.170. The lowest BCUT2D eigenvalue weighted by Crippen LogP contribution is -2.42. The van der Waals surface area contributed by atoms with Gasteiger partial charge in [-0.25, -0.2) is 4.98 Å². The van der Waals surface area contributed by atoms with Crippen molar-refractivity contribution in [2.75, 3.05) is 13.1 Å². The Balaban J connectivity index is 1.28. The number of H-pyrrole nitrogens is 1. The minimum Gasteiger partial charge on any atom is -0.387 e. The molecule has 0 radical (unpaired) electrons. The fraction of sp³-hybridized carbons (Fsp3) is 0.318. The van der Waals surface area contributed by atoms with E-state index < -0.39 is 0 Å². The molecule has 28 heavy (non-hydrogen) atoms. The van der Waals surface area contributed by atoms with E-state index in [1.165, 1.54) is 0 Å². The number of hydrogen-bond donors (Lipinski definition) is 1. The Bertz CT molecular complexity index is 994. The van der Waals surface area contributed by atoms with Gasteiger partial charge in [0.25, 0.3) is 5.91 Å². The third-order valence-corrected chi connectivity index (χ3v) is 5.59. The third kappa shape index (κ3) is 3.15. The number of aromatic nitrogens is 2. The van der Waals surface area contributed by atoms with Gasteiger partial charge in [-0.05, 0) is 30.5 Å². The second-order valence-corrected chi connectivity index (χ2v) is 7.48. The van der Waals surface area contributed by atoms with Crippen LogP contribution in [0.1, 0.15) is 42.7 Å². The van der Waals surface area contributed by atoms with E-state index in [4.69, 9.17) is 9.82 Å². The van der Waals surface area contributed by atoms with Crippen LogP contribution in [0.15, 0.2) is 59.8 Å². The van der Waals surface area contributed by atoms with Gasteiger partial charge in [0.2, 0.25) is 0 Å². The van der Waals surface area contributed by atoms with Gasteiger partial charge >= 0.3 is 0 Å². The lowest BCUT2D eigenvalue weighted by Gasteiger charge is -2.31. The number of piperidine rings is 1. The third-order valence-electron chi connectivity index (χ3n) is 5.59. The normalized spacial score (nSPS) is 22.1. The SMILES string of the molecule is O=C(C1=NOC(c2ccccc2)C1)N1CCCC(c2nc3ccccc3[nH]2)C1. The van der Waals surface area contributed by atoms with E-state index in [9.17, 15) is 4.79 Å². The fourth-order valence-corrected chi connectivity index (χ4v) is 4.08. The molecular formula is C22H22N4O2. The number of nitrogens with one attached hydrogen (secondary N) is 1. The molecular weight excluding hydrogens is 352 g/mol. The Kier molecular flexibility index (Phi) is 4.31. The van der Waals surface area contributed by atoms with Crippen molar-refractivity contribution in [2.45, 2.75) is 31.3 Å². The zero-order valence-corrected chi connectivity index (χ0v) is 15.5. The molecule has 2 unspecified atom stereocenters. The molecule has 0 aliphatic carbocycles. The smallest absolute Gasteiger partial charge is 0.271 e. The number of nitrogens with zero attached hydrogens (tertiary/aromatic N) is 3. The summed E-state index contributed by atoms with van der Waals surface area (Å²) in [5, 5.41) is 4.10. The van der Waals surface area contributed by atoms with Crippen LogP contribution in [0.2, 0.25) is 0 Å². The molecule has 2 aromatic carbocycles. The Morgan fingerprint density at radius 3 is 2.79 bits per heavy atom. The van der Waals surface area contributed by atoms with Crippen molar-refractivity contribution in [2.24, 2.45) is 5.16 Å². The number of carbonyl (C=O) groups is 1. The Labute approximate surface area is 163 Å². The molecule has 6 heteroatoms. The second kappa shape index (κ2) is 7.11. The highest BCUT2D eigenvalue weighted by Crippen LogP contribution is 2.30. The average molecular weight is 374 g/mol. The number of amides is 1. The highest BCUT2D eigenvalue weighted by atomic mass is 16.6. The molecule has 1 N–H and O–H groups in total. The van der Waals surface area contributed by atoms with Crippen LogP contribution in [-0.4, -0.2) is 39.6 Å². The molecule has 0 saturated carbocycles. The maximum atomic E-state index is 13.0. The van der Waals surface area contributed by atoms with Crippen molar-refractivity contribution >= 4 is 22.7 Å². The zero-order chi connectivity index (χ0) is 18.9. The number of aromatic amines is 1. The molecule has 3 aromatic rings. The van der Waals surface area contributed by atoms with Crippen LogP contribution in [0, 0.1) is 0 Å². The van der Waals surface area contributed by atoms with Crippen molar-refractivity contribution in [1.82, 2.24) is 14.9 Å². The maximum absolute atomic E-state index is 13.0. The number of hydrogen-bond acceptors (Lipinski definition) is 4. The molecule has 1 aromatic heterocycles. The van der Waals surface area contributed by atoms with Crippen molar-refractivity contribution in [3.63, 3.8) is 0 Å². The topological polar surface area (TPSA) is 70.6 Å². The van der Waals surface area contributed by atoms with E-state index in [0.29, 0.717) is 18.7 Å². The van der Waals surface area contributed by atoms with E-state index in [-0.39, 0.29) is 17.9 Å². The minimum absolute atomic E-state index is 0.0146. The number of para-hydroxylation sites is 2. The number of rotatable bonds is 3. The van der Waals surface area contributed by atoms with Gasteiger partial charge in [0.15, 0.2) is 6.10 Å². The first-order valence-electron chi connectivity index (χ1n) is 9.79. The van der Waals surface area contributed by atoms with Gasteiger partial charge in [-0.1, -0.05) is 47.6 Å². The summed E-state index contributed by atoms with van der Waals surface area (Å²) in [4.78, 5) is 28.6. The van der Waals surface area contributed by atoms with Gasteiger partial charge in [0.1, 0.15) is 11.5 Å². The first-order chi connectivity index (χ1) is 13.8. The molecule has 1 fully saturated rings. The van der Waals surface area contributed by atoms with Crippen molar-refractivity contribution in [1.29, 1.82) is 0 Å².